The number of nitrogens with zero attached hydrogens (tertiary/aromatic N) is 5. The molecule has 9 nitrogen and oxygen atoms in total. The Hall–Kier alpha value is -4.24. The summed E-state index contributed by atoms with van der Waals surface area (Å²) in [6.45, 7) is -0.871. The van der Waals surface area contributed by atoms with Gasteiger partial charge in [-0.05, 0) is 30.0 Å². The van der Waals surface area contributed by atoms with Crippen LogP contribution in [0.5, 0.6) is 0 Å². The van der Waals surface area contributed by atoms with Gasteiger partial charge in [0, 0.05) is 32.2 Å². The van der Waals surface area contributed by atoms with Gasteiger partial charge in [0.1, 0.15) is 5.52 Å². The summed E-state index contributed by atoms with van der Waals surface area (Å²) in [5.74, 6) is -3.06. The lowest BCUT2D eigenvalue weighted by molar-refractivity contribution is -0.144. The van der Waals surface area contributed by atoms with Crippen LogP contribution in [0.4, 0.5) is 26.3 Å². The fourth-order valence-electron chi connectivity index (χ4n) is 5.76. The van der Waals surface area contributed by atoms with Gasteiger partial charge in [-0.2, -0.15) is 18.3 Å². The second-order valence-corrected chi connectivity index (χ2v) is 11.1. The molecule has 2 atom stereocenters. The molecule has 15 heteroatoms. The van der Waals surface area contributed by atoms with Crippen molar-refractivity contribution >= 4 is 16.9 Å². The maximum absolute atomic E-state index is 15.1. The third kappa shape index (κ3) is 6.31. The highest BCUT2D eigenvalue weighted by Gasteiger charge is 2.42. The highest BCUT2D eigenvalue weighted by atomic mass is 19.4. The van der Waals surface area contributed by atoms with Crippen molar-refractivity contribution in [2.75, 3.05) is 13.1 Å². The molecular formula is C30H30F6N6O3. The molecule has 1 aliphatic heterocycles. The quantitative estimate of drug-likeness (QED) is 0.282. The van der Waals surface area contributed by atoms with Crippen LogP contribution in [0.1, 0.15) is 35.4 Å². The van der Waals surface area contributed by atoms with Gasteiger partial charge in [0.25, 0.3) is 11.5 Å². The van der Waals surface area contributed by atoms with Crippen molar-refractivity contribution in [3.63, 3.8) is 0 Å². The van der Waals surface area contributed by atoms with Crippen LogP contribution in [0.2, 0.25) is 0 Å². The number of hydrogen-bond acceptors (Lipinski definition) is 6. The first-order valence-corrected chi connectivity index (χ1v) is 14.0. The zero-order chi connectivity index (χ0) is 32.7. The summed E-state index contributed by atoms with van der Waals surface area (Å²) in [5, 5.41) is 15.4. The van der Waals surface area contributed by atoms with Crippen molar-refractivity contribution in [3.8, 4) is 11.3 Å². The highest BCUT2D eigenvalue weighted by Crippen LogP contribution is 2.36. The van der Waals surface area contributed by atoms with E-state index in [1.54, 1.807) is 6.07 Å². The summed E-state index contributed by atoms with van der Waals surface area (Å²) in [7, 11) is 1.46. The molecule has 2 unspecified atom stereocenters. The van der Waals surface area contributed by atoms with E-state index < -0.39 is 47.3 Å². The van der Waals surface area contributed by atoms with Gasteiger partial charge in [0.05, 0.1) is 35.6 Å². The summed E-state index contributed by atoms with van der Waals surface area (Å²) in [5.41, 5.74) is 2.50. The molecule has 0 radical (unpaired) electrons. The number of carbonyl (C=O) groups excluding carboxylic acids is 1. The van der Waals surface area contributed by atoms with Crippen LogP contribution in [0.25, 0.3) is 22.3 Å². The van der Waals surface area contributed by atoms with E-state index >= 15 is 4.39 Å². The number of piperidine rings is 1. The van der Waals surface area contributed by atoms with Crippen molar-refractivity contribution in [3.05, 3.63) is 81.9 Å². The molecule has 4 aromatic rings. The van der Waals surface area contributed by atoms with Crippen LogP contribution in [0.15, 0.2) is 59.7 Å². The summed E-state index contributed by atoms with van der Waals surface area (Å²) in [4.78, 5) is 31.6. The number of nitrogens with two attached hydrogens (primary N) is 1. The Morgan fingerprint density at radius 1 is 1.07 bits per heavy atom. The molecule has 45 heavy (non-hydrogen) atoms. The van der Waals surface area contributed by atoms with Crippen LogP contribution in [0.3, 0.4) is 0 Å². The van der Waals surface area contributed by atoms with Crippen molar-refractivity contribution in [1.82, 2.24) is 24.2 Å². The zero-order valence-corrected chi connectivity index (χ0v) is 24.0. The Kier molecular flexibility index (Phi) is 8.77. The first-order chi connectivity index (χ1) is 21.2. The number of alkyl halides is 6. The standard InChI is InChI=1S/C30H30F6N6O3/c1-40-25(18-7-8-19(14-37)20(13-18)30(34,35)36)23-24(39-40)28(44)42(16-38-23)15-29(45)9-11-41(12-10-29)27(43)22(31)21(26(32)33)17-5-3-2-4-6-17/h2-8,13,16,21-22,26,45H,9-12,14-15,37H2,1H3. The van der Waals surface area contributed by atoms with Crippen molar-refractivity contribution in [1.29, 1.82) is 0 Å². The second kappa shape index (κ2) is 12.3. The monoisotopic (exact) mass is 636 g/mol. The molecule has 240 valence electrons. The summed E-state index contributed by atoms with van der Waals surface area (Å²) in [6.07, 6.45) is -9.29. The molecule has 1 saturated heterocycles. The average Bonchev–Trinajstić information content (AvgIpc) is 3.34. The van der Waals surface area contributed by atoms with Crippen LogP contribution in [0, 0.1) is 0 Å². The number of hydrogen-bond donors (Lipinski definition) is 2. The molecule has 0 saturated carbocycles. The van der Waals surface area contributed by atoms with E-state index in [0.29, 0.717) is 0 Å². The Labute approximate surface area is 252 Å². The molecule has 0 bridgehead atoms. The normalized spacial score (nSPS) is 16.7. The van der Waals surface area contributed by atoms with E-state index in [1.807, 2.05) is 0 Å². The Morgan fingerprint density at radius 2 is 1.73 bits per heavy atom. The Balaban J connectivity index is 1.34. The number of amides is 1. The van der Waals surface area contributed by atoms with Crippen molar-refractivity contribution in [2.45, 2.75) is 56.2 Å². The lowest BCUT2D eigenvalue weighted by atomic mass is 9.89. The third-order valence-corrected chi connectivity index (χ3v) is 8.20. The molecule has 3 N–H and O–H groups in total. The third-order valence-electron chi connectivity index (χ3n) is 8.20. The fourth-order valence-corrected chi connectivity index (χ4v) is 5.76. The summed E-state index contributed by atoms with van der Waals surface area (Å²) >= 11 is 0. The van der Waals surface area contributed by atoms with Crippen LogP contribution >= 0.6 is 0 Å². The van der Waals surface area contributed by atoms with Gasteiger partial charge in [-0.25, -0.2) is 18.2 Å². The Bertz CT molecular complexity index is 1750. The van der Waals surface area contributed by atoms with E-state index in [4.69, 9.17) is 5.73 Å². The van der Waals surface area contributed by atoms with Gasteiger partial charge >= 0.3 is 6.18 Å². The lowest BCUT2D eigenvalue weighted by Gasteiger charge is -2.39. The summed E-state index contributed by atoms with van der Waals surface area (Å²) in [6, 6.07) is 10.8. The first kappa shape index (κ1) is 32.2. The largest absolute Gasteiger partial charge is 0.416 e. The van der Waals surface area contributed by atoms with E-state index in [9.17, 15) is 36.6 Å². The van der Waals surface area contributed by atoms with Crippen molar-refractivity contribution < 1.29 is 36.2 Å². The van der Waals surface area contributed by atoms with Gasteiger partial charge in [-0.1, -0.05) is 42.5 Å². The van der Waals surface area contributed by atoms with E-state index in [-0.39, 0.29) is 72.4 Å². The minimum absolute atomic E-state index is 0.00447. The minimum Gasteiger partial charge on any atom is -0.388 e. The van der Waals surface area contributed by atoms with Gasteiger partial charge < -0.3 is 15.7 Å². The topological polar surface area (TPSA) is 119 Å². The lowest BCUT2D eigenvalue weighted by Crippen LogP contribution is -2.52. The predicted octanol–water partition coefficient (Wildman–Crippen LogP) is 4.02. The van der Waals surface area contributed by atoms with Gasteiger partial charge in [-0.15, -0.1) is 0 Å². The second-order valence-electron chi connectivity index (χ2n) is 11.1. The van der Waals surface area contributed by atoms with Crippen LogP contribution in [-0.4, -0.2) is 66.5 Å². The van der Waals surface area contributed by atoms with Gasteiger partial charge in [0.15, 0.2) is 11.7 Å². The van der Waals surface area contributed by atoms with Crippen LogP contribution in [-0.2, 0) is 31.1 Å². The summed E-state index contributed by atoms with van der Waals surface area (Å²) < 4.78 is 85.9. The molecule has 1 amide bonds. The van der Waals surface area contributed by atoms with E-state index in [0.717, 1.165) is 21.9 Å². The van der Waals surface area contributed by atoms with Gasteiger partial charge in [0.2, 0.25) is 6.43 Å². The predicted molar refractivity (Wildman–Crippen MR) is 152 cm³/mol. The molecule has 2 aromatic heterocycles. The molecular weight excluding hydrogens is 606 g/mol. The molecule has 5 rings (SSSR count). The molecule has 2 aromatic carbocycles. The number of likely N-dealkylation sites (tertiary alicyclic amines) is 1. The number of carbonyl (C=O) groups is 1. The molecule has 1 fully saturated rings. The fraction of sp³-hybridized carbons (Fsp3) is 0.400. The number of benzene rings is 2. The van der Waals surface area contributed by atoms with Crippen molar-refractivity contribution in [2.24, 2.45) is 12.8 Å². The van der Waals surface area contributed by atoms with E-state index in [1.165, 1.54) is 48.1 Å². The average molecular weight is 637 g/mol. The molecule has 3 heterocycles. The number of aromatic nitrogens is 4. The SMILES string of the molecule is Cn1nc2c(=O)n(CC3(O)CCN(C(=O)C(F)C(c4ccccc4)C(F)F)CC3)cnc2c1-c1ccc(CN)c(C(F)(F)F)c1. The molecule has 0 aliphatic carbocycles. The smallest absolute Gasteiger partial charge is 0.388 e. The van der Waals surface area contributed by atoms with Crippen LogP contribution < -0.4 is 11.3 Å². The number of fused-ring (bicyclic) bond motifs is 1. The maximum atomic E-state index is 15.1. The molecule has 0 spiro atoms. The Morgan fingerprint density at radius 3 is 2.33 bits per heavy atom. The maximum Gasteiger partial charge on any atom is 0.416 e. The number of rotatable bonds is 8. The zero-order valence-electron chi connectivity index (χ0n) is 24.0. The highest BCUT2D eigenvalue weighted by molar-refractivity contribution is 5.89. The number of aryl methyl sites for hydroxylation is 1. The van der Waals surface area contributed by atoms with E-state index in [2.05, 4.69) is 10.1 Å². The first-order valence-electron chi connectivity index (χ1n) is 14.0. The van der Waals surface area contributed by atoms with Gasteiger partial charge in [-0.3, -0.25) is 18.8 Å². The number of halogens is 6. The minimum atomic E-state index is -4.66. The number of aliphatic hydroxyl groups is 1. The molecule has 1 aliphatic rings.